The quantitative estimate of drug-likeness (QED) is 0.709. The average Bonchev–Trinajstić information content (AvgIpc) is 2.61. The highest BCUT2D eigenvalue weighted by atomic mass is 35.5. The summed E-state index contributed by atoms with van der Waals surface area (Å²) in [6.07, 6.45) is 3.40. The zero-order chi connectivity index (χ0) is 18.0. The van der Waals surface area contributed by atoms with E-state index in [1.54, 1.807) is 31.4 Å². The van der Waals surface area contributed by atoms with Crippen LogP contribution in [0.2, 0.25) is 5.02 Å². The second-order valence-electron chi connectivity index (χ2n) is 5.06. The lowest BCUT2D eigenvalue weighted by Crippen LogP contribution is -2.29. The molecule has 0 amide bonds. The molecule has 128 valence electrons. The van der Waals surface area contributed by atoms with Crippen molar-refractivity contribution < 1.29 is 4.74 Å². The Balaban J connectivity index is 2.28. The van der Waals surface area contributed by atoms with Gasteiger partial charge in [0.2, 0.25) is 0 Å². The molecule has 1 aromatic carbocycles. The topological polar surface area (TPSA) is 77.0 Å². The predicted molar refractivity (Wildman–Crippen MR) is 99.2 cm³/mol. The maximum Gasteiger partial charge on any atom is 0.333 e. The van der Waals surface area contributed by atoms with Gasteiger partial charge in [0.05, 0.1) is 29.2 Å². The Morgan fingerprint density at radius 3 is 2.64 bits per heavy atom. The number of hydrogen-bond acceptors (Lipinski definition) is 5. The normalized spacial score (nSPS) is 10.7. The minimum absolute atomic E-state index is 0.365. The van der Waals surface area contributed by atoms with Gasteiger partial charge in [0.1, 0.15) is 5.75 Å². The summed E-state index contributed by atoms with van der Waals surface area (Å²) in [5, 5.41) is 0.466. The molecule has 0 radical (unpaired) electrons. The van der Waals surface area contributed by atoms with Crippen LogP contribution >= 0.6 is 23.4 Å². The number of methoxy groups -OCH3 is 1. The molecule has 0 fully saturated rings. The zero-order valence-corrected chi connectivity index (χ0v) is 15.0. The lowest BCUT2D eigenvalue weighted by atomic mass is 10.2. The number of nitrogens with one attached hydrogen (secondary N) is 1. The lowest BCUT2D eigenvalue weighted by Gasteiger charge is -2.14. The van der Waals surface area contributed by atoms with Crippen LogP contribution in [0.25, 0.3) is 17.1 Å². The predicted octanol–water partition coefficient (Wildman–Crippen LogP) is 2.97. The molecule has 2 heterocycles. The summed E-state index contributed by atoms with van der Waals surface area (Å²) in [5.41, 5.74) is 0.325. The van der Waals surface area contributed by atoms with Crippen molar-refractivity contribution in [1.82, 2.24) is 14.5 Å². The molecule has 8 heteroatoms. The van der Waals surface area contributed by atoms with Crippen molar-refractivity contribution in [3.63, 3.8) is 0 Å². The molecule has 1 N–H and O–H groups in total. The van der Waals surface area contributed by atoms with Crippen LogP contribution in [-0.4, -0.2) is 27.9 Å². The Kier molecular flexibility index (Phi) is 4.96. The standard InChI is InChI=1S/C17H14ClN3O3S/c1-24-14-7-11(4-6-15(14)25-2)21-13(8-16(22)20-17(21)23)12-5-3-10(18)9-19-12/h3-9H,1-2H3,(H,20,22,23). The van der Waals surface area contributed by atoms with E-state index in [0.29, 0.717) is 27.8 Å². The molecule has 3 rings (SSSR count). The highest BCUT2D eigenvalue weighted by Crippen LogP contribution is 2.30. The van der Waals surface area contributed by atoms with Crippen LogP contribution in [-0.2, 0) is 0 Å². The van der Waals surface area contributed by atoms with Crippen LogP contribution in [0.1, 0.15) is 0 Å². The summed E-state index contributed by atoms with van der Waals surface area (Å²) in [4.78, 5) is 31.7. The van der Waals surface area contributed by atoms with Gasteiger partial charge in [-0.15, -0.1) is 11.8 Å². The summed E-state index contributed by atoms with van der Waals surface area (Å²) < 4.78 is 6.76. The number of benzene rings is 1. The van der Waals surface area contributed by atoms with Crippen molar-refractivity contribution in [2.24, 2.45) is 0 Å². The molecular weight excluding hydrogens is 362 g/mol. The third-order valence-corrected chi connectivity index (χ3v) is 4.56. The molecule has 2 aromatic heterocycles. The van der Waals surface area contributed by atoms with Gasteiger partial charge < -0.3 is 4.74 Å². The summed E-state index contributed by atoms with van der Waals surface area (Å²) in [6, 6.07) is 10.0. The van der Waals surface area contributed by atoms with Crippen molar-refractivity contribution in [3.05, 3.63) is 68.5 Å². The Hall–Kier alpha value is -2.51. The van der Waals surface area contributed by atoms with E-state index in [9.17, 15) is 9.59 Å². The average molecular weight is 376 g/mol. The van der Waals surface area contributed by atoms with Crippen LogP contribution in [0.3, 0.4) is 0 Å². The lowest BCUT2D eigenvalue weighted by molar-refractivity contribution is 0.404. The maximum atomic E-state index is 12.5. The minimum Gasteiger partial charge on any atom is -0.496 e. The molecule has 0 bridgehead atoms. The van der Waals surface area contributed by atoms with Crippen molar-refractivity contribution >= 4 is 23.4 Å². The Labute approximate surface area is 152 Å². The van der Waals surface area contributed by atoms with Gasteiger partial charge >= 0.3 is 5.69 Å². The summed E-state index contributed by atoms with van der Waals surface area (Å²) in [7, 11) is 1.57. The van der Waals surface area contributed by atoms with Crippen LogP contribution in [0, 0.1) is 0 Å². The van der Waals surface area contributed by atoms with Crippen LogP contribution in [0.5, 0.6) is 5.75 Å². The Morgan fingerprint density at radius 1 is 1.20 bits per heavy atom. The molecule has 0 spiro atoms. The highest BCUT2D eigenvalue weighted by Gasteiger charge is 2.13. The molecular formula is C17H14ClN3O3S. The smallest absolute Gasteiger partial charge is 0.333 e. The molecule has 0 saturated carbocycles. The largest absolute Gasteiger partial charge is 0.496 e. The second-order valence-corrected chi connectivity index (χ2v) is 6.34. The number of aromatic nitrogens is 3. The Morgan fingerprint density at radius 2 is 2.00 bits per heavy atom. The van der Waals surface area contributed by atoms with E-state index in [1.165, 1.54) is 28.6 Å². The van der Waals surface area contributed by atoms with Gasteiger partial charge in [0, 0.05) is 23.2 Å². The van der Waals surface area contributed by atoms with Gasteiger partial charge in [0.15, 0.2) is 0 Å². The fourth-order valence-corrected chi connectivity index (χ4v) is 3.09. The summed E-state index contributed by atoms with van der Waals surface area (Å²) in [6.45, 7) is 0. The first-order valence-corrected chi connectivity index (χ1v) is 8.84. The van der Waals surface area contributed by atoms with Gasteiger partial charge in [-0.1, -0.05) is 11.6 Å². The first kappa shape index (κ1) is 17.3. The number of thioether (sulfide) groups is 1. The van der Waals surface area contributed by atoms with Crippen molar-refractivity contribution in [2.75, 3.05) is 13.4 Å². The number of aromatic amines is 1. The van der Waals surface area contributed by atoms with E-state index in [-0.39, 0.29) is 0 Å². The number of rotatable bonds is 4. The molecule has 0 aliphatic rings. The SMILES string of the molecule is COc1cc(-n2c(-c3ccc(Cl)cn3)cc(=O)[nH]c2=O)ccc1SC. The third kappa shape index (κ3) is 3.47. The number of nitrogens with zero attached hydrogens (tertiary/aromatic N) is 2. The van der Waals surface area contributed by atoms with Gasteiger partial charge in [-0.2, -0.15) is 0 Å². The van der Waals surface area contributed by atoms with Gasteiger partial charge in [0.25, 0.3) is 5.56 Å². The van der Waals surface area contributed by atoms with Crippen LogP contribution < -0.4 is 16.0 Å². The highest BCUT2D eigenvalue weighted by molar-refractivity contribution is 7.98. The number of pyridine rings is 1. The monoisotopic (exact) mass is 375 g/mol. The van der Waals surface area contributed by atoms with Crippen molar-refractivity contribution in [3.8, 4) is 22.8 Å². The van der Waals surface area contributed by atoms with E-state index >= 15 is 0 Å². The van der Waals surface area contributed by atoms with Crippen molar-refractivity contribution in [2.45, 2.75) is 4.90 Å². The molecule has 25 heavy (non-hydrogen) atoms. The van der Waals surface area contributed by atoms with Gasteiger partial charge in [-0.3, -0.25) is 19.3 Å². The molecule has 3 aromatic rings. The van der Waals surface area contributed by atoms with E-state index in [2.05, 4.69) is 9.97 Å². The molecule has 6 nitrogen and oxygen atoms in total. The first-order valence-electron chi connectivity index (χ1n) is 7.24. The Bertz CT molecular complexity index is 1030. The molecule has 0 aliphatic carbocycles. The molecule has 0 unspecified atom stereocenters. The number of hydrogen-bond donors (Lipinski definition) is 1. The van der Waals surface area contributed by atoms with Gasteiger partial charge in [-0.05, 0) is 30.5 Å². The molecule has 0 atom stereocenters. The second kappa shape index (κ2) is 7.16. The van der Waals surface area contributed by atoms with E-state index < -0.39 is 11.2 Å². The third-order valence-electron chi connectivity index (χ3n) is 3.56. The molecule has 0 saturated heterocycles. The van der Waals surface area contributed by atoms with E-state index in [4.69, 9.17) is 16.3 Å². The van der Waals surface area contributed by atoms with E-state index in [0.717, 1.165) is 4.90 Å². The van der Waals surface area contributed by atoms with Gasteiger partial charge in [-0.25, -0.2) is 4.79 Å². The van der Waals surface area contributed by atoms with E-state index in [1.807, 2.05) is 12.3 Å². The molecule has 0 aliphatic heterocycles. The fraction of sp³-hybridized carbons (Fsp3) is 0.118. The van der Waals surface area contributed by atoms with Crippen molar-refractivity contribution in [1.29, 1.82) is 0 Å². The minimum atomic E-state index is -0.557. The summed E-state index contributed by atoms with van der Waals surface area (Å²) >= 11 is 7.41. The number of H-pyrrole nitrogens is 1. The fourth-order valence-electron chi connectivity index (χ4n) is 2.43. The number of ether oxygens (including phenoxy) is 1. The van der Waals surface area contributed by atoms with Crippen LogP contribution in [0.15, 0.2) is 57.1 Å². The zero-order valence-electron chi connectivity index (χ0n) is 13.4. The summed E-state index contributed by atoms with van der Waals surface area (Å²) in [5.74, 6) is 0.637. The first-order chi connectivity index (χ1) is 12.0. The van der Waals surface area contributed by atoms with Crippen LogP contribution in [0.4, 0.5) is 0 Å². The maximum absolute atomic E-state index is 12.5. The number of halogens is 1.